The summed E-state index contributed by atoms with van der Waals surface area (Å²) in [6.45, 7) is 0. The molecule has 8 heavy (non-hydrogen) atoms. The Kier molecular flexibility index (Phi) is 1.65. The van der Waals surface area contributed by atoms with Gasteiger partial charge in [-0.2, -0.15) is 0 Å². The number of hydrogen-bond donors (Lipinski definition) is 0. The van der Waals surface area contributed by atoms with Crippen LogP contribution in [0.1, 0.15) is 0 Å². The van der Waals surface area contributed by atoms with Gasteiger partial charge in [-0.05, 0) is 0 Å². The van der Waals surface area contributed by atoms with Crippen molar-refractivity contribution < 1.29 is 0 Å². The molecule has 0 bridgehead atoms. The van der Waals surface area contributed by atoms with Crippen LogP contribution < -0.4 is 10.4 Å². The maximum Gasteiger partial charge on any atom is 0.0384 e. The average Bonchev–Trinajstić information content (AvgIpc) is 1.77. The molecule has 0 aliphatic heterocycles. The number of hydrogen-bond acceptors (Lipinski definition) is 0. The molecule has 0 saturated carbocycles. The van der Waals surface area contributed by atoms with Crippen LogP contribution in [0.5, 0.6) is 0 Å². The monoisotopic (exact) mass is 138 g/mol. The summed E-state index contributed by atoms with van der Waals surface area (Å²) < 4.78 is 0. The first-order valence-corrected chi connectivity index (χ1v) is 4.82. The van der Waals surface area contributed by atoms with Crippen LogP contribution in [-0.2, 0) is 0 Å². The Hall–Kier alpha value is -0.346. The molecule has 0 radical (unpaired) electrons. The molecule has 1 aromatic rings. The van der Waals surface area contributed by atoms with Crippen molar-refractivity contribution >= 4 is 30.9 Å². The topological polar surface area (TPSA) is 0 Å². The van der Waals surface area contributed by atoms with E-state index in [1.165, 1.54) is 30.9 Å². The lowest BCUT2D eigenvalue weighted by molar-refractivity contribution is 1.85. The van der Waals surface area contributed by atoms with Crippen molar-refractivity contribution in [2.75, 3.05) is 0 Å². The van der Waals surface area contributed by atoms with Crippen LogP contribution in [0.3, 0.4) is 0 Å². The van der Waals surface area contributed by atoms with Gasteiger partial charge >= 0.3 is 0 Å². The Balaban J connectivity index is 3.03. The molecule has 0 atom stereocenters. The van der Waals surface area contributed by atoms with Gasteiger partial charge in [-0.3, -0.25) is 0 Å². The van der Waals surface area contributed by atoms with Gasteiger partial charge in [0, 0.05) is 20.5 Å². The third-order valence-corrected chi connectivity index (χ3v) is 2.55. The van der Waals surface area contributed by atoms with E-state index < -0.39 is 0 Å². The van der Waals surface area contributed by atoms with Crippen LogP contribution in [0.2, 0.25) is 0 Å². The van der Waals surface area contributed by atoms with E-state index >= 15 is 0 Å². The molecule has 0 heterocycles. The Morgan fingerprint density at radius 2 is 1.00 bits per heavy atom. The van der Waals surface area contributed by atoms with E-state index in [1.807, 2.05) is 0 Å². The summed E-state index contributed by atoms with van der Waals surface area (Å²) >= 11 is 0. The molecule has 42 valence electrons. The smallest absolute Gasteiger partial charge is 0.0384 e. The normalized spacial score (nSPS) is 10.0. The van der Waals surface area contributed by atoms with Crippen LogP contribution in [0.4, 0.5) is 0 Å². The summed E-state index contributed by atoms with van der Waals surface area (Å²) in [6, 6.07) is 8.87. The first-order chi connectivity index (χ1) is 3.79. The highest BCUT2D eigenvalue weighted by Gasteiger charge is 1.79. The highest BCUT2D eigenvalue weighted by molar-refractivity contribution is 6.35. The molecule has 1 aromatic carbocycles. The lowest BCUT2D eigenvalue weighted by Crippen LogP contribution is -2.07. The third kappa shape index (κ3) is 1.31. The average molecular weight is 138 g/mol. The quantitative estimate of drug-likeness (QED) is 0.353. The predicted molar refractivity (Wildman–Crippen MR) is 45.6 cm³/mol. The van der Waals surface area contributed by atoms with Crippen LogP contribution in [0.25, 0.3) is 0 Å². The van der Waals surface area contributed by atoms with Gasteiger partial charge in [0.15, 0.2) is 0 Å². The minimum Gasteiger partial charge on any atom is -0.0708 e. The molecular formula is C6H10Si2. The first-order valence-electron chi connectivity index (χ1n) is 2.82. The molecule has 1 rings (SSSR count). The van der Waals surface area contributed by atoms with Crippen molar-refractivity contribution in [3.8, 4) is 0 Å². The Labute approximate surface area is 55.8 Å². The van der Waals surface area contributed by atoms with E-state index in [4.69, 9.17) is 0 Å². The van der Waals surface area contributed by atoms with Crippen molar-refractivity contribution in [2.24, 2.45) is 0 Å². The Morgan fingerprint density at radius 3 is 1.25 bits per heavy atom. The molecule has 0 aliphatic carbocycles. The zero-order valence-corrected chi connectivity index (χ0v) is 9.31. The van der Waals surface area contributed by atoms with Crippen molar-refractivity contribution in [1.82, 2.24) is 0 Å². The maximum atomic E-state index is 2.22. The summed E-state index contributed by atoms with van der Waals surface area (Å²) in [4.78, 5) is 0. The maximum absolute atomic E-state index is 2.22. The fourth-order valence-corrected chi connectivity index (χ4v) is 1.30. The van der Waals surface area contributed by atoms with E-state index in [1.54, 1.807) is 0 Å². The molecule has 0 N–H and O–H groups in total. The van der Waals surface area contributed by atoms with Crippen LogP contribution in [-0.4, -0.2) is 20.5 Å². The molecule has 0 nitrogen and oxygen atoms in total. The van der Waals surface area contributed by atoms with Gasteiger partial charge in [0.05, 0.1) is 0 Å². The van der Waals surface area contributed by atoms with Crippen molar-refractivity contribution in [1.29, 1.82) is 0 Å². The molecule has 0 saturated heterocycles. The van der Waals surface area contributed by atoms with Gasteiger partial charge in [-0.1, -0.05) is 34.6 Å². The highest BCUT2D eigenvalue weighted by atomic mass is 28.1. The van der Waals surface area contributed by atoms with Crippen LogP contribution in [0.15, 0.2) is 24.3 Å². The van der Waals surface area contributed by atoms with Gasteiger partial charge in [0.25, 0.3) is 0 Å². The zero-order valence-electron chi connectivity index (χ0n) is 5.31. The van der Waals surface area contributed by atoms with Gasteiger partial charge in [-0.25, -0.2) is 0 Å². The molecular weight excluding hydrogens is 128 g/mol. The molecule has 0 aromatic heterocycles. The molecule has 0 spiro atoms. The summed E-state index contributed by atoms with van der Waals surface area (Å²) in [7, 11) is 2.37. The second kappa shape index (κ2) is 2.28. The largest absolute Gasteiger partial charge is 0.0708 e. The Bertz CT molecular complexity index is 145. The SMILES string of the molecule is [SiH3]c1ccc([SiH3])cc1. The van der Waals surface area contributed by atoms with Crippen molar-refractivity contribution in [3.05, 3.63) is 24.3 Å². The molecule has 0 aliphatic rings. The van der Waals surface area contributed by atoms with Crippen molar-refractivity contribution in [3.63, 3.8) is 0 Å². The molecule has 0 unspecified atom stereocenters. The lowest BCUT2D eigenvalue weighted by Gasteiger charge is -1.90. The zero-order chi connectivity index (χ0) is 5.98. The van der Waals surface area contributed by atoms with Gasteiger partial charge in [0.1, 0.15) is 0 Å². The highest BCUT2D eigenvalue weighted by Crippen LogP contribution is 1.72. The molecule has 2 heteroatoms. The number of rotatable bonds is 0. The van der Waals surface area contributed by atoms with Gasteiger partial charge in [0.2, 0.25) is 0 Å². The lowest BCUT2D eigenvalue weighted by atomic mass is 10.4. The third-order valence-electron chi connectivity index (χ3n) is 1.22. The van der Waals surface area contributed by atoms with Gasteiger partial charge < -0.3 is 0 Å². The van der Waals surface area contributed by atoms with E-state index in [0.717, 1.165) is 0 Å². The minimum absolute atomic E-state index is 1.19. The standard InChI is InChI=1S/C6H10Si2/c7-5-1-2-6(8)4-3-5/h1-4H,7-8H3. The minimum atomic E-state index is 1.19. The second-order valence-electron chi connectivity index (χ2n) is 2.15. The summed E-state index contributed by atoms with van der Waals surface area (Å²) in [5.41, 5.74) is 0. The summed E-state index contributed by atoms with van der Waals surface area (Å²) in [6.07, 6.45) is 0. The second-order valence-corrected chi connectivity index (χ2v) is 4.46. The van der Waals surface area contributed by atoms with Gasteiger partial charge in [-0.15, -0.1) is 0 Å². The van der Waals surface area contributed by atoms with E-state index in [-0.39, 0.29) is 0 Å². The number of benzene rings is 1. The van der Waals surface area contributed by atoms with E-state index in [0.29, 0.717) is 0 Å². The van der Waals surface area contributed by atoms with E-state index in [2.05, 4.69) is 24.3 Å². The van der Waals surface area contributed by atoms with Crippen LogP contribution in [0, 0.1) is 0 Å². The summed E-state index contributed by atoms with van der Waals surface area (Å²) in [5.74, 6) is 0. The van der Waals surface area contributed by atoms with E-state index in [9.17, 15) is 0 Å². The molecule has 0 fully saturated rings. The predicted octanol–water partition coefficient (Wildman–Crippen LogP) is -2.33. The molecule has 0 amide bonds. The Morgan fingerprint density at radius 1 is 0.750 bits per heavy atom. The summed E-state index contributed by atoms with van der Waals surface area (Å²) in [5, 5.41) is 2.98. The fraction of sp³-hybridized carbons (Fsp3) is 0. The van der Waals surface area contributed by atoms with Crippen LogP contribution >= 0.6 is 0 Å². The van der Waals surface area contributed by atoms with Crippen molar-refractivity contribution in [2.45, 2.75) is 0 Å². The first kappa shape index (κ1) is 5.78. The fourth-order valence-electron chi connectivity index (χ4n) is 0.637.